The number of carbonyl (C=O) groups is 1. The number of hydrogen-bond donors (Lipinski definition) is 2. The summed E-state index contributed by atoms with van der Waals surface area (Å²) >= 11 is 5.88. The van der Waals surface area contributed by atoms with Gasteiger partial charge in [0.15, 0.2) is 0 Å². The third kappa shape index (κ3) is 3.16. The average Bonchev–Trinajstić information content (AvgIpc) is 2.37. The summed E-state index contributed by atoms with van der Waals surface area (Å²) in [6.45, 7) is 4.23. The first kappa shape index (κ1) is 14.1. The van der Waals surface area contributed by atoms with Crippen molar-refractivity contribution in [3.63, 3.8) is 0 Å². The number of nitrogens with one attached hydrogen (secondary N) is 1. The van der Waals surface area contributed by atoms with Crippen LogP contribution in [-0.2, 0) is 0 Å². The lowest BCUT2D eigenvalue weighted by molar-refractivity contribution is 0.0369. The van der Waals surface area contributed by atoms with E-state index in [2.05, 4.69) is 24.3 Å². The van der Waals surface area contributed by atoms with E-state index in [4.69, 9.17) is 17.3 Å². The predicted molar refractivity (Wildman–Crippen MR) is 75.7 cm³/mol. The van der Waals surface area contributed by atoms with Crippen molar-refractivity contribution in [3.8, 4) is 0 Å². The van der Waals surface area contributed by atoms with E-state index in [1.807, 2.05) is 5.01 Å². The van der Waals surface area contributed by atoms with Crippen LogP contribution < -0.4 is 11.2 Å². The molecular formula is C13H19ClN4O. The SMILES string of the molecule is CC1CCCC(C)N1NC(=O)c1cnc(N)c(Cl)c1. The molecule has 5 nitrogen and oxygen atoms in total. The van der Waals surface area contributed by atoms with Crippen LogP contribution in [0.1, 0.15) is 43.5 Å². The van der Waals surface area contributed by atoms with Crippen LogP contribution in [0.3, 0.4) is 0 Å². The zero-order chi connectivity index (χ0) is 14.0. The number of rotatable bonds is 2. The third-order valence-corrected chi connectivity index (χ3v) is 3.86. The Morgan fingerprint density at radius 3 is 2.68 bits per heavy atom. The maximum Gasteiger partial charge on any atom is 0.267 e. The van der Waals surface area contributed by atoms with Crippen LogP contribution in [0, 0.1) is 0 Å². The lowest BCUT2D eigenvalue weighted by Gasteiger charge is -2.38. The highest BCUT2D eigenvalue weighted by Gasteiger charge is 2.26. The van der Waals surface area contributed by atoms with Gasteiger partial charge in [-0.2, -0.15) is 0 Å². The Hall–Kier alpha value is -1.33. The zero-order valence-corrected chi connectivity index (χ0v) is 11.9. The molecule has 2 atom stereocenters. The highest BCUT2D eigenvalue weighted by Crippen LogP contribution is 2.21. The second-order valence-corrected chi connectivity index (χ2v) is 5.48. The summed E-state index contributed by atoms with van der Waals surface area (Å²) in [6.07, 6.45) is 4.82. The van der Waals surface area contributed by atoms with Gasteiger partial charge in [-0.05, 0) is 32.8 Å². The molecule has 1 aliphatic rings. The number of hydrazine groups is 1. The topological polar surface area (TPSA) is 71.2 Å². The molecule has 6 heteroatoms. The van der Waals surface area contributed by atoms with Gasteiger partial charge in [0.2, 0.25) is 0 Å². The number of halogens is 1. The fourth-order valence-corrected chi connectivity index (χ4v) is 2.56. The molecule has 0 saturated carbocycles. The standard InChI is InChI=1S/C13H19ClN4O/c1-8-4-3-5-9(2)18(8)17-13(19)10-6-11(14)12(15)16-7-10/h6-9H,3-5H2,1-2H3,(H2,15,16)(H,17,19). The molecule has 0 spiro atoms. The number of nitrogens with zero attached hydrogens (tertiary/aromatic N) is 2. The highest BCUT2D eigenvalue weighted by atomic mass is 35.5. The lowest BCUT2D eigenvalue weighted by Crippen LogP contribution is -2.54. The second-order valence-electron chi connectivity index (χ2n) is 5.07. The molecule has 2 rings (SSSR count). The Labute approximate surface area is 118 Å². The van der Waals surface area contributed by atoms with E-state index in [0.29, 0.717) is 22.7 Å². The molecule has 1 aromatic heterocycles. The van der Waals surface area contributed by atoms with Crippen molar-refractivity contribution >= 4 is 23.3 Å². The minimum Gasteiger partial charge on any atom is -0.382 e. The van der Waals surface area contributed by atoms with E-state index in [0.717, 1.165) is 12.8 Å². The molecule has 0 bridgehead atoms. The molecular weight excluding hydrogens is 264 g/mol. The van der Waals surface area contributed by atoms with E-state index < -0.39 is 0 Å². The smallest absolute Gasteiger partial charge is 0.267 e. The summed E-state index contributed by atoms with van der Waals surface area (Å²) in [6, 6.07) is 2.22. The van der Waals surface area contributed by atoms with Gasteiger partial charge in [0.1, 0.15) is 5.82 Å². The van der Waals surface area contributed by atoms with Crippen molar-refractivity contribution in [2.45, 2.75) is 45.2 Å². The maximum absolute atomic E-state index is 12.2. The van der Waals surface area contributed by atoms with Gasteiger partial charge in [-0.3, -0.25) is 10.2 Å². The van der Waals surface area contributed by atoms with Crippen LogP contribution >= 0.6 is 11.6 Å². The number of anilines is 1. The number of pyridine rings is 1. The van der Waals surface area contributed by atoms with Crippen LogP contribution in [0.25, 0.3) is 0 Å². The van der Waals surface area contributed by atoms with E-state index in [9.17, 15) is 4.79 Å². The van der Waals surface area contributed by atoms with Crippen LogP contribution in [0.4, 0.5) is 5.82 Å². The van der Waals surface area contributed by atoms with Gasteiger partial charge in [0, 0.05) is 18.3 Å². The number of nitrogens with two attached hydrogens (primary N) is 1. The summed E-state index contributed by atoms with van der Waals surface area (Å²) in [7, 11) is 0. The molecule has 0 aromatic carbocycles. The van der Waals surface area contributed by atoms with Gasteiger partial charge >= 0.3 is 0 Å². The first-order valence-electron chi connectivity index (χ1n) is 6.49. The Morgan fingerprint density at radius 2 is 2.11 bits per heavy atom. The largest absolute Gasteiger partial charge is 0.382 e. The Morgan fingerprint density at radius 1 is 1.47 bits per heavy atom. The van der Waals surface area contributed by atoms with Crippen LogP contribution in [-0.4, -0.2) is 28.0 Å². The van der Waals surface area contributed by atoms with Crippen molar-refractivity contribution in [2.75, 3.05) is 5.73 Å². The third-order valence-electron chi connectivity index (χ3n) is 3.56. The van der Waals surface area contributed by atoms with Gasteiger partial charge in [-0.1, -0.05) is 18.0 Å². The molecule has 2 unspecified atom stereocenters. The van der Waals surface area contributed by atoms with Crippen LogP contribution in [0.2, 0.25) is 5.02 Å². The van der Waals surface area contributed by atoms with Crippen molar-refractivity contribution in [3.05, 3.63) is 22.8 Å². The number of carbonyl (C=O) groups excluding carboxylic acids is 1. The molecule has 1 aromatic rings. The van der Waals surface area contributed by atoms with E-state index >= 15 is 0 Å². The van der Waals surface area contributed by atoms with Crippen LogP contribution in [0.5, 0.6) is 0 Å². The average molecular weight is 283 g/mol. The highest BCUT2D eigenvalue weighted by molar-refractivity contribution is 6.33. The minimum atomic E-state index is -0.199. The van der Waals surface area contributed by atoms with Crippen molar-refractivity contribution in [1.82, 2.24) is 15.4 Å². The number of hydrogen-bond acceptors (Lipinski definition) is 4. The Bertz CT molecular complexity index is 470. The van der Waals surface area contributed by atoms with Gasteiger partial charge in [0.25, 0.3) is 5.91 Å². The van der Waals surface area contributed by atoms with E-state index in [1.54, 1.807) is 6.07 Å². The fourth-order valence-electron chi connectivity index (χ4n) is 2.40. The number of amides is 1. The fraction of sp³-hybridized carbons (Fsp3) is 0.538. The van der Waals surface area contributed by atoms with Gasteiger partial charge in [-0.15, -0.1) is 0 Å². The van der Waals surface area contributed by atoms with Crippen molar-refractivity contribution < 1.29 is 4.79 Å². The molecule has 1 saturated heterocycles. The molecule has 0 aliphatic carbocycles. The van der Waals surface area contributed by atoms with Crippen molar-refractivity contribution in [2.24, 2.45) is 0 Å². The normalized spacial score (nSPS) is 24.2. The summed E-state index contributed by atoms with van der Waals surface area (Å²) in [5.41, 5.74) is 8.89. The number of piperidine rings is 1. The summed E-state index contributed by atoms with van der Waals surface area (Å²) in [5.74, 6) is 0.0351. The molecule has 2 heterocycles. The number of aromatic nitrogens is 1. The number of nitrogen functional groups attached to an aromatic ring is 1. The molecule has 3 N–H and O–H groups in total. The molecule has 1 amide bonds. The van der Waals surface area contributed by atoms with Crippen molar-refractivity contribution in [1.29, 1.82) is 0 Å². The summed E-state index contributed by atoms with van der Waals surface area (Å²) in [5, 5.41) is 2.31. The predicted octanol–water partition coefficient (Wildman–Crippen LogP) is 2.22. The van der Waals surface area contributed by atoms with Gasteiger partial charge in [0.05, 0.1) is 10.6 Å². The molecule has 19 heavy (non-hydrogen) atoms. The molecule has 104 valence electrons. The van der Waals surface area contributed by atoms with Gasteiger partial charge in [-0.25, -0.2) is 9.99 Å². The van der Waals surface area contributed by atoms with E-state index in [1.165, 1.54) is 12.6 Å². The minimum absolute atomic E-state index is 0.199. The lowest BCUT2D eigenvalue weighted by atomic mass is 10.00. The molecule has 1 fully saturated rings. The Balaban J connectivity index is 2.09. The maximum atomic E-state index is 12.2. The Kier molecular flexibility index (Phi) is 4.27. The van der Waals surface area contributed by atoms with Crippen LogP contribution in [0.15, 0.2) is 12.3 Å². The molecule has 0 radical (unpaired) electrons. The first-order valence-corrected chi connectivity index (χ1v) is 6.87. The summed E-state index contributed by atoms with van der Waals surface area (Å²) < 4.78 is 0. The summed E-state index contributed by atoms with van der Waals surface area (Å²) in [4.78, 5) is 16.1. The van der Waals surface area contributed by atoms with Gasteiger partial charge < -0.3 is 5.73 Å². The first-order chi connectivity index (χ1) is 8.99. The zero-order valence-electron chi connectivity index (χ0n) is 11.2. The second kappa shape index (κ2) is 5.75. The monoisotopic (exact) mass is 282 g/mol. The quantitative estimate of drug-likeness (QED) is 0.872. The molecule has 1 aliphatic heterocycles. The van der Waals surface area contributed by atoms with E-state index in [-0.39, 0.29) is 11.7 Å².